The Bertz CT molecular complexity index is 692. The predicted molar refractivity (Wildman–Crippen MR) is 87.2 cm³/mol. The Morgan fingerprint density at radius 1 is 1.14 bits per heavy atom. The molecule has 2 aromatic rings. The van der Waals surface area contributed by atoms with Gasteiger partial charge in [0.2, 0.25) is 0 Å². The van der Waals surface area contributed by atoms with Gasteiger partial charge in [-0.25, -0.2) is 0 Å². The molecule has 0 unspecified atom stereocenters. The Morgan fingerprint density at radius 3 is 2.43 bits per heavy atom. The summed E-state index contributed by atoms with van der Waals surface area (Å²) >= 11 is 12.9. The van der Waals surface area contributed by atoms with E-state index in [0.717, 1.165) is 5.56 Å². The van der Waals surface area contributed by atoms with Crippen molar-refractivity contribution in [1.82, 2.24) is 0 Å². The first-order valence-electron chi connectivity index (χ1n) is 5.94. The number of rotatable bonds is 5. The minimum absolute atomic E-state index is 0.196. The number of carbonyl (C=O) groups is 1. The maximum Gasteiger partial charge on any atom is 0.188 e. The van der Waals surface area contributed by atoms with Crippen LogP contribution in [0.5, 0.6) is 11.5 Å². The van der Waals surface area contributed by atoms with E-state index < -0.39 is 0 Å². The van der Waals surface area contributed by atoms with Crippen molar-refractivity contribution in [1.29, 1.82) is 0 Å². The molecule has 1 aromatic heterocycles. The average molecular weight is 343 g/mol. The van der Waals surface area contributed by atoms with Crippen molar-refractivity contribution in [2.24, 2.45) is 0 Å². The van der Waals surface area contributed by atoms with E-state index in [9.17, 15) is 4.79 Å². The Morgan fingerprint density at radius 2 is 1.86 bits per heavy atom. The molecule has 21 heavy (non-hydrogen) atoms. The first-order valence-corrected chi connectivity index (χ1v) is 7.51. The Kier molecular flexibility index (Phi) is 5.28. The van der Waals surface area contributed by atoms with Gasteiger partial charge in [0, 0.05) is 0 Å². The van der Waals surface area contributed by atoms with E-state index in [-0.39, 0.29) is 5.78 Å². The smallest absolute Gasteiger partial charge is 0.188 e. The van der Waals surface area contributed by atoms with Gasteiger partial charge >= 0.3 is 0 Å². The molecule has 0 fully saturated rings. The van der Waals surface area contributed by atoms with Crippen molar-refractivity contribution in [2.45, 2.75) is 0 Å². The monoisotopic (exact) mass is 342 g/mol. The lowest BCUT2D eigenvalue weighted by molar-refractivity contribution is 0.104. The van der Waals surface area contributed by atoms with Gasteiger partial charge in [0.15, 0.2) is 17.3 Å². The lowest BCUT2D eigenvalue weighted by Gasteiger charge is -2.07. The third kappa shape index (κ3) is 3.79. The molecule has 0 radical (unpaired) electrons. The van der Waals surface area contributed by atoms with Crippen LogP contribution < -0.4 is 9.47 Å². The fourth-order valence-corrected chi connectivity index (χ4v) is 3.20. The molecule has 6 heteroatoms. The number of halogens is 2. The molecule has 0 atom stereocenters. The molecule has 0 bridgehead atoms. The number of ketones is 1. The molecule has 0 saturated heterocycles. The van der Waals surface area contributed by atoms with E-state index in [1.54, 1.807) is 38.5 Å². The highest BCUT2D eigenvalue weighted by Gasteiger charge is 2.11. The van der Waals surface area contributed by atoms with Crippen molar-refractivity contribution in [3.05, 3.63) is 50.1 Å². The Labute approximate surface area is 136 Å². The van der Waals surface area contributed by atoms with E-state index >= 15 is 0 Å². The second-order valence-corrected chi connectivity index (χ2v) is 6.34. The van der Waals surface area contributed by atoms with Crippen LogP contribution in [0, 0.1) is 0 Å². The van der Waals surface area contributed by atoms with E-state index in [0.29, 0.717) is 25.7 Å². The van der Waals surface area contributed by atoms with Crippen LogP contribution in [0.4, 0.5) is 0 Å². The normalized spacial score (nSPS) is 10.9. The lowest BCUT2D eigenvalue weighted by atomic mass is 10.1. The number of ether oxygens (including phenoxy) is 2. The van der Waals surface area contributed by atoms with Gasteiger partial charge < -0.3 is 9.47 Å². The van der Waals surface area contributed by atoms with Crippen LogP contribution in [-0.4, -0.2) is 20.0 Å². The highest BCUT2D eigenvalue weighted by atomic mass is 35.5. The topological polar surface area (TPSA) is 35.5 Å². The number of thiophene rings is 1. The first-order chi connectivity index (χ1) is 10.0. The van der Waals surface area contributed by atoms with Crippen LogP contribution in [0.15, 0.2) is 30.3 Å². The van der Waals surface area contributed by atoms with Gasteiger partial charge in [0.25, 0.3) is 0 Å². The lowest BCUT2D eigenvalue weighted by Crippen LogP contribution is -1.93. The summed E-state index contributed by atoms with van der Waals surface area (Å²) in [6.45, 7) is 0. The number of hydrogen-bond acceptors (Lipinski definition) is 4. The molecule has 0 aliphatic carbocycles. The average Bonchev–Trinajstić information content (AvgIpc) is 2.83. The number of carbonyl (C=O) groups excluding carboxylic acids is 1. The number of methoxy groups -OCH3 is 2. The van der Waals surface area contributed by atoms with E-state index in [1.165, 1.54) is 17.4 Å². The molecule has 110 valence electrons. The molecule has 0 spiro atoms. The van der Waals surface area contributed by atoms with Crippen LogP contribution >= 0.6 is 34.5 Å². The Balaban J connectivity index is 2.21. The van der Waals surface area contributed by atoms with Crippen LogP contribution in [0.2, 0.25) is 8.67 Å². The second kappa shape index (κ2) is 6.98. The van der Waals surface area contributed by atoms with E-state index in [2.05, 4.69) is 0 Å². The summed E-state index contributed by atoms with van der Waals surface area (Å²) in [5.74, 6) is 1.04. The van der Waals surface area contributed by atoms with Crippen molar-refractivity contribution < 1.29 is 14.3 Å². The van der Waals surface area contributed by atoms with Crippen LogP contribution in [-0.2, 0) is 0 Å². The molecule has 0 aliphatic rings. The predicted octanol–water partition coefficient (Wildman–Crippen LogP) is 4.97. The SMILES string of the molecule is COc1ccc(C=CC(=O)c2cc(Cl)sc2Cl)cc1OC. The van der Waals surface area contributed by atoms with Crippen LogP contribution in [0.25, 0.3) is 6.08 Å². The molecule has 0 aliphatic heterocycles. The quantitative estimate of drug-likeness (QED) is 0.568. The summed E-state index contributed by atoms with van der Waals surface area (Å²) in [6, 6.07) is 6.95. The summed E-state index contributed by atoms with van der Waals surface area (Å²) in [5, 5.41) is 0. The molecule has 0 amide bonds. The van der Waals surface area contributed by atoms with Crippen LogP contribution in [0.1, 0.15) is 15.9 Å². The molecule has 0 N–H and O–H groups in total. The zero-order valence-corrected chi connectivity index (χ0v) is 13.7. The summed E-state index contributed by atoms with van der Waals surface area (Å²) < 4.78 is 11.2. The van der Waals surface area contributed by atoms with Gasteiger partial charge in [0.1, 0.15) is 4.34 Å². The van der Waals surface area contributed by atoms with E-state index in [4.69, 9.17) is 32.7 Å². The number of hydrogen-bond donors (Lipinski definition) is 0. The fraction of sp³-hybridized carbons (Fsp3) is 0.133. The zero-order chi connectivity index (χ0) is 15.4. The second-order valence-electron chi connectivity index (χ2n) is 4.05. The molecule has 0 saturated carbocycles. The highest BCUT2D eigenvalue weighted by Crippen LogP contribution is 2.32. The van der Waals surface area contributed by atoms with Crippen molar-refractivity contribution in [3.63, 3.8) is 0 Å². The summed E-state index contributed by atoms with van der Waals surface area (Å²) in [4.78, 5) is 12.1. The summed E-state index contributed by atoms with van der Waals surface area (Å²) in [7, 11) is 3.13. The first kappa shape index (κ1) is 15.9. The highest BCUT2D eigenvalue weighted by molar-refractivity contribution is 7.20. The van der Waals surface area contributed by atoms with Gasteiger partial charge in [-0.15, -0.1) is 11.3 Å². The number of benzene rings is 1. The Hall–Kier alpha value is -1.49. The third-order valence-corrected chi connectivity index (χ3v) is 4.24. The van der Waals surface area contributed by atoms with Crippen molar-refractivity contribution in [3.8, 4) is 11.5 Å². The summed E-state index contributed by atoms with van der Waals surface area (Å²) in [5.41, 5.74) is 1.22. The molecular weight excluding hydrogens is 331 g/mol. The fourth-order valence-electron chi connectivity index (χ4n) is 1.73. The van der Waals surface area contributed by atoms with Crippen molar-refractivity contribution >= 4 is 46.4 Å². The molecule has 1 heterocycles. The maximum atomic E-state index is 12.1. The van der Waals surface area contributed by atoms with E-state index in [1.807, 2.05) is 6.07 Å². The van der Waals surface area contributed by atoms with Gasteiger partial charge in [-0.3, -0.25) is 4.79 Å². The number of allylic oxidation sites excluding steroid dienone is 1. The largest absolute Gasteiger partial charge is 0.493 e. The zero-order valence-electron chi connectivity index (χ0n) is 11.4. The van der Waals surface area contributed by atoms with Crippen LogP contribution in [0.3, 0.4) is 0 Å². The summed E-state index contributed by atoms with van der Waals surface area (Å²) in [6.07, 6.45) is 3.14. The maximum absolute atomic E-state index is 12.1. The van der Waals surface area contributed by atoms with Gasteiger partial charge in [-0.1, -0.05) is 35.3 Å². The molecule has 2 rings (SSSR count). The molecule has 1 aromatic carbocycles. The molecular formula is C15H12Cl2O3S. The van der Waals surface area contributed by atoms with Gasteiger partial charge in [-0.2, -0.15) is 0 Å². The third-order valence-electron chi connectivity index (χ3n) is 2.76. The molecule has 3 nitrogen and oxygen atoms in total. The minimum Gasteiger partial charge on any atom is -0.493 e. The van der Waals surface area contributed by atoms with Gasteiger partial charge in [0.05, 0.1) is 24.1 Å². The van der Waals surface area contributed by atoms with Gasteiger partial charge in [-0.05, 0) is 29.8 Å². The minimum atomic E-state index is -0.196. The van der Waals surface area contributed by atoms with Crippen molar-refractivity contribution in [2.75, 3.05) is 14.2 Å². The standard InChI is InChI=1S/C15H12Cl2O3S/c1-19-12-6-4-9(7-13(12)20-2)3-5-11(18)10-8-14(16)21-15(10)17/h3-8H,1-2H3.